The van der Waals surface area contributed by atoms with Crippen molar-refractivity contribution in [1.82, 2.24) is 15.1 Å². The van der Waals surface area contributed by atoms with Crippen LogP contribution in [-0.4, -0.2) is 21.7 Å². The Balaban J connectivity index is 1.25. The Morgan fingerprint density at radius 1 is 1.24 bits per heavy atom. The molecular formula is C23H23ClFN3O. The van der Waals surface area contributed by atoms with Gasteiger partial charge in [-0.1, -0.05) is 18.5 Å². The Morgan fingerprint density at radius 2 is 1.97 bits per heavy atom. The first-order valence-electron chi connectivity index (χ1n) is 10.2. The summed E-state index contributed by atoms with van der Waals surface area (Å²) in [6, 6.07) is 12.4. The van der Waals surface area contributed by atoms with Gasteiger partial charge in [0.25, 0.3) is 5.91 Å². The predicted octanol–water partition coefficient (Wildman–Crippen LogP) is 5.23. The molecule has 2 aliphatic carbocycles. The average molecular weight is 412 g/mol. The van der Waals surface area contributed by atoms with Gasteiger partial charge in [0.2, 0.25) is 0 Å². The quantitative estimate of drug-likeness (QED) is 0.624. The number of halogens is 2. The lowest BCUT2D eigenvalue weighted by Gasteiger charge is -2.22. The van der Waals surface area contributed by atoms with Crippen LogP contribution in [0.5, 0.6) is 0 Å². The van der Waals surface area contributed by atoms with E-state index in [1.54, 1.807) is 30.5 Å². The van der Waals surface area contributed by atoms with Crippen molar-refractivity contribution >= 4 is 28.4 Å². The highest BCUT2D eigenvalue weighted by Gasteiger charge is 2.59. The molecule has 3 aromatic rings. The summed E-state index contributed by atoms with van der Waals surface area (Å²) in [6.07, 6.45) is 4.81. The molecule has 150 valence electrons. The lowest BCUT2D eigenvalue weighted by molar-refractivity contribution is 0.0927. The molecule has 1 N–H and O–H groups in total. The van der Waals surface area contributed by atoms with Gasteiger partial charge in [0.05, 0.1) is 17.8 Å². The van der Waals surface area contributed by atoms with Crippen LogP contribution in [0, 0.1) is 23.6 Å². The Labute approximate surface area is 174 Å². The molecule has 0 saturated heterocycles. The third-order valence-electron chi connectivity index (χ3n) is 6.72. The number of fused-ring (bicyclic) bond motifs is 2. The average Bonchev–Trinajstić information content (AvgIpc) is 3.06. The summed E-state index contributed by atoms with van der Waals surface area (Å²) in [5.41, 5.74) is 1.64. The van der Waals surface area contributed by atoms with E-state index in [0.717, 1.165) is 30.2 Å². The molecule has 0 aliphatic heterocycles. The van der Waals surface area contributed by atoms with E-state index in [1.807, 2.05) is 6.07 Å². The molecule has 2 aliphatic rings. The van der Waals surface area contributed by atoms with Crippen LogP contribution in [0.1, 0.15) is 42.6 Å². The number of rotatable bonds is 5. The Bertz CT molecular complexity index is 1050. The molecule has 2 fully saturated rings. The number of nitrogens with zero attached hydrogens (tertiary/aromatic N) is 2. The van der Waals surface area contributed by atoms with Crippen LogP contribution in [0.3, 0.4) is 0 Å². The molecule has 0 radical (unpaired) electrons. The first kappa shape index (κ1) is 18.6. The molecule has 2 saturated carbocycles. The van der Waals surface area contributed by atoms with E-state index in [9.17, 15) is 9.18 Å². The SMILES string of the molecule is CCC(NC(=O)c1ccc(Cl)cc1)[C@H]1C2C[C@@H](n3ncc4cc(F)ccc43)C[C@@H]21. The van der Waals surface area contributed by atoms with Crippen LogP contribution in [0.4, 0.5) is 4.39 Å². The molecule has 5 rings (SSSR count). The molecule has 6 heteroatoms. The monoisotopic (exact) mass is 411 g/mol. The first-order valence-corrected chi connectivity index (χ1v) is 10.6. The van der Waals surface area contributed by atoms with Gasteiger partial charge in [-0.05, 0) is 79.5 Å². The predicted molar refractivity (Wildman–Crippen MR) is 111 cm³/mol. The van der Waals surface area contributed by atoms with Crippen molar-refractivity contribution < 1.29 is 9.18 Å². The lowest BCUT2D eigenvalue weighted by Crippen LogP contribution is -2.37. The van der Waals surface area contributed by atoms with Gasteiger partial charge in [-0.2, -0.15) is 5.10 Å². The standard InChI is InChI=1S/C23H23ClFN3O/c1-2-20(27-23(29)13-3-5-15(24)6-4-13)22-18-10-17(11-19(18)22)28-21-8-7-16(25)9-14(21)12-26-28/h3-9,12,17-20,22H,2,10-11H2,1H3,(H,27,29)/t17-,18-,19?,20?,22+/m0/s1. The number of amides is 1. The van der Waals surface area contributed by atoms with Crippen LogP contribution in [0.15, 0.2) is 48.7 Å². The summed E-state index contributed by atoms with van der Waals surface area (Å²) in [7, 11) is 0. The minimum absolute atomic E-state index is 0.0323. The highest BCUT2D eigenvalue weighted by molar-refractivity contribution is 6.30. The Hall–Kier alpha value is -2.40. The minimum Gasteiger partial charge on any atom is -0.349 e. The molecular weight excluding hydrogens is 389 g/mol. The third kappa shape index (κ3) is 3.31. The first-order chi connectivity index (χ1) is 14.0. The van der Waals surface area contributed by atoms with Crippen LogP contribution in [0.25, 0.3) is 10.9 Å². The third-order valence-corrected chi connectivity index (χ3v) is 6.97. The van der Waals surface area contributed by atoms with E-state index in [-0.39, 0.29) is 17.8 Å². The molecule has 5 atom stereocenters. The molecule has 1 amide bonds. The maximum atomic E-state index is 13.4. The van der Waals surface area contributed by atoms with E-state index in [1.165, 1.54) is 12.1 Å². The summed E-state index contributed by atoms with van der Waals surface area (Å²) in [5, 5.41) is 9.24. The number of aromatic nitrogens is 2. The van der Waals surface area contributed by atoms with Gasteiger partial charge in [0.15, 0.2) is 0 Å². The number of hydrogen-bond acceptors (Lipinski definition) is 2. The van der Waals surface area contributed by atoms with Crippen molar-refractivity contribution in [3.63, 3.8) is 0 Å². The van der Waals surface area contributed by atoms with Crippen LogP contribution < -0.4 is 5.32 Å². The van der Waals surface area contributed by atoms with Crippen LogP contribution in [-0.2, 0) is 0 Å². The summed E-state index contributed by atoms with van der Waals surface area (Å²) in [4.78, 5) is 12.6. The van der Waals surface area contributed by atoms with E-state index < -0.39 is 0 Å². The highest BCUT2D eigenvalue weighted by Crippen LogP contribution is 2.62. The second-order valence-electron chi connectivity index (χ2n) is 8.32. The molecule has 1 aromatic heterocycles. The Morgan fingerprint density at radius 3 is 2.66 bits per heavy atom. The fourth-order valence-corrected chi connectivity index (χ4v) is 5.42. The molecule has 0 spiro atoms. The lowest BCUT2D eigenvalue weighted by atomic mass is 9.99. The number of hydrogen-bond donors (Lipinski definition) is 1. The zero-order valence-electron chi connectivity index (χ0n) is 16.2. The highest BCUT2D eigenvalue weighted by atomic mass is 35.5. The summed E-state index contributed by atoms with van der Waals surface area (Å²) >= 11 is 5.92. The second kappa shape index (κ2) is 7.13. The fourth-order valence-electron chi connectivity index (χ4n) is 5.30. The van der Waals surface area contributed by atoms with Crippen LogP contribution in [0.2, 0.25) is 5.02 Å². The summed E-state index contributed by atoms with van der Waals surface area (Å²) < 4.78 is 15.5. The fraction of sp³-hybridized carbons (Fsp3) is 0.391. The normalized spacial score (nSPS) is 26.3. The molecule has 29 heavy (non-hydrogen) atoms. The van der Waals surface area contributed by atoms with Crippen molar-refractivity contribution in [3.05, 3.63) is 65.1 Å². The van der Waals surface area contributed by atoms with E-state index in [0.29, 0.717) is 34.4 Å². The van der Waals surface area contributed by atoms with Gasteiger partial charge in [-0.25, -0.2) is 4.39 Å². The van der Waals surface area contributed by atoms with Crippen molar-refractivity contribution in [3.8, 4) is 0 Å². The number of carbonyl (C=O) groups excluding carboxylic acids is 1. The number of nitrogens with one attached hydrogen (secondary N) is 1. The second-order valence-corrected chi connectivity index (χ2v) is 8.75. The zero-order chi connectivity index (χ0) is 20.1. The van der Waals surface area contributed by atoms with Gasteiger partial charge in [-0.3, -0.25) is 9.48 Å². The largest absolute Gasteiger partial charge is 0.349 e. The number of benzene rings is 2. The van der Waals surface area contributed by atoms with E-state index in [2.05, 4.69) is 22.0 Å². The van der Waals surface area contributed by atoms with Gasteiger partial charge in [0.1, 0.15) is 5.82 Å². The minimum atomic E-state index is -0.228. The summed E-state index contributed by atoms with van der Waals surface area (Å²) in [6.45, 7) is 2.13. The maximum absolute atomic E-state index is 13.4. The molecule has 2 unspecified atom stereocenters. The number of carbonyl (C=O) groups is 1. The van der Waals surface area contributed by atoms with Gasteiger partial charge in [0, 0.05) is 22.0 Å². The molecule has 4 nitrogen and oxygen atoms in total. The molecule has 0 bridgehead atoms. The van der Waals surface area contributed by atoms with Crippen molar-refractivity contribution in [1.29, 1.82) is 0 Å². The van der Waals surface area contributed by atoms with Crippen molar-refractivity contribution in [2.75, 3.05) is 0 Å². The van der Waals surface area contributed by atoms with E-state index in [4.69, 9.17) is 11.6 Å². The smallest absolute Gasteiger partial charge is 0.251 e. The molecule has 1 heterocycles. The summed E-state index contributed by atoms with van der Waals surface area (Å²) in [5.74, 6) is 1.51. The maximum Gasteiger partial charge on any atom is 0.251 e. The molecule has 2 aromatic carbocycles. The van der Waals surface area contributed by atoms with Crippen molar-refractivity contribution in [2.45, 2.75) is 38.3 Å². The van der Waals surface area contributed by atoms with Gasteiger partial charge < -0.3 is 5.32 Å². The topological polar surface area (TPSA) is 46.9 Å². The van der Waals surface area contributed by atoms with Crippen LogP contribution >= 0.6 is 11.6 Å². The van der Waals surface area contributed by atoms with Gasteiger partial charge >= 0.3 is 0 Å². The zero-order valence-corrected chi connectivity index (χ0v) is 16.9. The Kier molecular flexibility index (Phi) is 4.58. The van der Waals surface area contributed by atoms with Crippen molar-refractivity contribution in [2.24, 2.45) is 17.8 Å². The van der Waals surface area contributed by atoms with E-state index >= 15 is 0 Å². The van der Waals surface area contributed by atoms with Gasteiger partial charge in [-0.15, -0.1) is 0 Å².